The molecule has 0 aliphatic heterocycles. The average Bonchev–Trinajstić information content (AvgIpc) is 3.41. The van der Waals surface area contributed by atoms with Gasteiger partial charge in [0, 0.05) is 17.5 Å². The van der Waals surface area contributed by atoms with Crippen LogP contribution in [0.2, 0.25) is 5.02 Å². The molecule has 0 unspecified atom stereocenters. The molecule has 1 aliphatic rings. The molecule has 1 aromatic heterocycles. The normalized spacial score (nSPS) is 15.3. The molecule has 4 rings (SSSR count). The Morgan fingerprint density at radius 3 is 2.36 bits per heavy atom. The lowest BCUT2D eigenvalue weighted by Crippen LogP contribution is -2.04. The first kappa shape index (κ1) is 16.7. The summed E-state index contributed by atoms with van der Waals surface area (Å²) in [5.74, 6) is 1.75. The Morgan fingerprint density at radius 1 is 1.04 bits per heavy atom. The average molecular weight is 370 g/mol. The zero-order valence-electron chi connectivity index (χ0n) is 14.1. The predicted octanol–water partition coefficient (Wildman–Crippen LogP) is 5.71. The number of hydrogen-bond donors (Lipinski definition) is 0. The number of rotatable bonds is 6. The van der Waals surface area contributed by atoms with Crippen molar-refractivity contribution in [3.63, 3.8) is 0 Å². The topological polar surface area (TPSA) is 30.7 Å². The smallest absolute Gasteiger partial charge is 0.192 e. The Labute approximate surface area is 157 Å². The molecule has 0 N–H and O–H groups in total. The van der Waals surface area contributed by atoms with Gasteiger partial charge in [-0.1, -0.05) is 65.8 Å². The van der Waals surface area contributed by atoms with Gasteiger partial charge in [0.25, 0.3) is 0 Å². The highest BCUT2D eigenvalue weighted by atomic mass is 35.5. The van der Waals surface area contributed by atoms with E-state index in [1.54, 1.807) is 11.8 Å². The molecule has 1 saturated carbocycles. The zero-order valence-corrected chi connectivity index (χ0v) is 15.7. The van der Waals surface area contributed by atoms with Crippen LogP contribution in [0.4, 0.5) is 0 Å². The van der Waals surface area contributed by atoms with E-state index in [0.717, 1.165) is 22.5 Å². The van der Waals surface area contributed by atoms with Crippen molar-refractivity contribution in [1.82, 2.24) is 14.8 Å². The van der Waals surface area contributed by atoms with E-state index >= 15 is 0 Å². The van der Waals surface area contributed by atoms with Gasteiger partial charge in [-0.25, -0.2) is 0 Å². The lowest BCUT2D eigenvalue weighted by atomic mass is 10.0. The first-order valence-electron chi connectivity index (χ1n) is 8.66. The highest BCUT2D eigenvalue weighted by Gasteiger charge is 2.30. The van der Waals surface area contributed by atoms with Crippen LogP contribution in [0.5, 0.6) is 0 Å². The fourth-order valence-electron chi connectivity index (χ4n) is 3.03. The van der Waals surface area contributed by atoms with Gasteiger partial charge >= 0.3 is 0 Å². The second-order valence-corrected chi connectivity index (χ2v) is 7.83. The van der Waals surface area contributed by atoms with E-state index in [1.807, 2.05) is 18.2 Å². The van der Waals surface area contributed by atoms with Crippen molar-refractivity contribution in [2.75, 3.05) is 0 Å². The predicted molar refractivity (Wildman–Crippen MR) is 103 cm³/mol. The summed E-state index contributed by atoms with van der Waals surface area (Å²) in [6.45, 7) is 3.07. The Morgan fingerprint density at radius 2 is 1.72 bits per heavy atom. The van der Waals surface area contributed by atoms with Crippen molar-refractivity contribution in [2.45, 2.75) is 42.6 Å². The van der Waals surface area contributed by atoms with Gasteiger partial charge < -0.3 is 4.57 Å². The molecule has 0 radical (unpaired) electrons. The van der Waals surface area contributed by atoms with Crippen LogP contribution in [0.3, 0.4) is 0 Å². The fraction of sp³-hybridized carbons (Fsp3) is 0.300. The van der Waals surface area contributed by atoms with E-state index in [9.17, 15) is 0 Å². The highest BCUT2D eigenvalue weighted by molar-refractivity contribution is 7.99. The van der Waals surface area contributed by atoms with Crippen LogP contribution in [0.1, 0.15) is 47.9 Å². The molecule has 128 valence electrons. The summed E-state index contributed by atoms with van der Waals surface area (Å²) in [7, 11) is 0. The molecular formula is C20H20ClN3S. The van der Waals surface area contributed by atoms with Crippen molar-refractivity contribution >= 4 is 23.4 Å². The highest BCUT2D eigenvalue weighted by Crippen LogP contribution is 2.43. The Hall–Kier alpha value is -1.78. The lowest BCUT2D eigenvalue weighted by molar-refractivity contribution is 0.643. The van der Waals surface area contributed by atoms with Gasteiger partial charge in [-0.3, -0.25) is 0 Å². The van der Waals surface area contributed by atoms with E-state index in [4.69, 9.17) is 11.6 Å². The summed E-state index contributed by atoms with van der Waals surface area (Å²) in [5, 5.41) is 10.9. The quantitative estimate of drug-likeness (QED) is 0.521. The van der Waals surface area contributed by atoms with E-state index in [-0.39, 0.29) is 5.25 Å². The molecule has 2 aromatic carbocycles. The molecule has 5 heteroatoms. The zero-order chi connectivity index (χ0) is 17.2. The van der Waals surface area contributed by atoms with E-state index in [0.29, 0.717) is 5.92 Å². The number of aromatic nitrogens is 3. The van der Waals surface area contributed by atoms with Crippen molar-refractivity contribution in [1.29, 1.82) is 0 Å². The number of nitrogens with zero attached hydrogens (tertiary/aromatic N) is 3. The van der Waals surface area contributed by atoms with E-state index < -0.39 is 0 Å². The Bertz CT molecular complexity index is 841. The fourth-order valence-corrected chi connectivity index (χ4v) is 4.39. The van der Waals surface area contributed by atoms with Crippen LogP contribution in [0.25, 0.3) is 0 Å². The lowest BCUT2D eigenvalue weighted by Gasteiger charge is -2.18. The SMILES string of the molecule is CCn1c(S[C@H](c2ccccc2)c2ccc(Cl)cc2)nnc1C1CC1. The third-order valence-corrected chi connectivity index (χ3v) is 6.05. The molecule has 0 bridgehead atoms. The third-order valence-electron chi connectivity index (χ3n) is 4.50. The number of thioether (sulfide) groups is 1. The molecule has 25 heavy (non-hydrogen) atoms. The second kappa shape index (κ2) is 7.22. The molecule has 0 spiro atoms. The van der Waals surface area contributed by atoms with E-state index in [1.165, 1.54) is 24.0 Å². The summed E-state index contributed by atoms with van der Waals surface area (Å²) < 4.78 is 2.27. The standard InChI is InChI=1S/C20H20ClN3S/c1-2-24-19(16-8-9-16)22-23-20(24)25-18(14-6-4-3-5-7-14)15-10-12-17(21)13-11-15/h3-7,10-13,16,18H,2,8-9H2,1H3/t18-/m1/s1. The number of halogens is 1. The maximum atomic E-state index is 6.08. The molecule has 3 aromatic rings. The molecule has 3 nitrogen and oxygen atoms in total. The van der Waals surface area contributed by atoms with Gasteiger partial charge in [0.1, 0.15) is 5.82 Å². The van der Waals surface area contributed by atoms with Crippen LogP contribution in [0, 0.1) is 0 Å². The van der Waals surface area contributed by atoms with Gasteiger partial charge in [0.15, 0.2) is 5.16 Å². The molecule has 1 atom stereocenters. The first-order chi connectivity index (χ1) is 12.3. The van der Waals surface area contributed by atoms with Gasteiger partial charge in [-0.15, -0.1) is 10.2 Å². The van der Waals surface area contributed by atoms with Crippen molar-refractivity contribution in [3.8, 4) is 0 Å². The Kier molecular flexibility index (Phi) is 4.82. The number of benzene rings is 2. The van der Waals surface area contributed by atoms with Crippen molar-refractivity contribution < 1.29 is 0 Å². The van der Waals surface area contributed by atoms with Crippen molar-refractivity contribution in [3.05, 3.63) is 76.6 Å². The maximum Gasteiger partial charge on any atom is 0.192 e. The second-order valence-electron chi connectivity index (χ2n) is 6.32. The summed E-state index contributed by atoms with van der Waals surface area (Å²) in [6, 6.07) is 18.6. The van der Waals surface area contributed by atoms with E-state index in [2.05, 4.69) is 58.1 Å². The monoisotopic (exact) mass is 369 g/mol. The molecule has 1 fully saturated rings. The summed E-state index contributed by atoms with van der Waals surface area (Å²) >= 11 is 7.85. The molecule has 0 saturated heterocycles. The number of hydrogen-bond acceptors (Lipinski definition) is 3. The van der Waals surface area contributed by atoms with Gasteiger partial charge in [-0.2, -0.15) is 0 Å². The Balaban J connectivity index is 1.70. The first-order valence-corrected chi connectivity index (χ1v) is 9.92. The van der Waals surface area contributed by atoms with Crippen LogP contribution in [-0.2, 0) is 6.54 Å². The molecule has 1 aliphatic carbocycles. The van der Waals surface area contributed by atoms with Crippen LogP contribution in [0.15, 0.2) is 59.8 Å². The summed E-state index contributed by atoms with van der Waals surface area (Å²) in [5.41, 5.74) is 2.48. The van der Waals surface area contributed by atoms with Gasteiger partial charge in [0.05, 0.1) is 5.25 Å². The minimum absolute atomic E-state index is 0.167. The van der Waals surface area contributed by atoms with Crippen LogP contribution >= 0.6 is 23.4 Å². The van der Waals surface area contributed by atoms with Crippen molar-refractivity contribution in [2.24, 2.45) is 0 Å². The molecule has 0 amide bonds. The summed E-state index contributed by atoms with van der Waals surface area (Å²) in [4.78, 5) is 0. The van der Waals surface area contributed by atoms with Crippen LogP contribution < -0.4 is 0 Å². The van der Waals surface area contributed by atoms with Gasteiger partial charge in [0.2, 0.25) is 0 Å². The largest absolute Gasteiger partial charge is 0.306 e. The minimum atomic E-state index is 0.167. The van der Waals surface area contributed by atoms with Gasteiger partial charge in [-0.05, 0) is 43.0 Å². The maximum absolute atomic E-state index is 6.08. The summed E-state index contributed by atoms with van der Waals surface area (Å²) in [6.07, 6.45) is 2.48. The minimum Gasteiger partial charge on any atom is -0.306 e. The molecule has 1 heterocycles. The third kappa shape index (κ3) is 3.60. The molecular weight excluding hydrogens is 350 g/mol. The van der Waals surface area contributed by atoms with Crippen LogP contribution in [-0.4, -0.2) is 14.8 Å².